The van der Waals surface area contributed by atoms with Gasteiger partial charge in [0, 0.05) is 25.7 Å². The third-order valence-electron chi connectivity index (χ3n) is 2.93. The Kier molecular flexibility index (Phi) is 5.45. The molecule has 1 aliphatic heterocycles. The molecule has 1 aliphatic rings. The number of nitrogens with two attached hydrogens (primary N) is 1. The van der Waals surface area contributed by atoms with Crippen LogP contribution in [0.4, 0.5) is 0 Å². The number of piperidine rings is 1. The third-order valence-corrected chi connectivity index (χ3v) is 2.93. The van der Waals surface area contributed by atoms with Gasteiger partial charge in [0.2, 0.25) is 0 Å². The summed E-state index contributed by atoms with van der Waals surface area (Å²) in [7, 11) is 0. The van der Waals surface area contributed by atoms with Crippen molar-refractivity contribution in [2.24, 2.45) is 5.73 Å². The highest BCUT2D eigenvalue weighted by molar-refractivity contribution is 4.77. The van der Waals surface area contributed by atoms with Crippen molar-refractivity contribution in [1.29, 1.82) is 0 Å². The van der Waals surface area contributed by atoms with Crippen LogP contribution in [0, 0.1) is 0 Å². The lowest BCUT2D eigenvalue weighted by Crippen LogP contribution is -2.47. The topological polar surface area (TPSA) is 38.5 Å². The lowest BCUT2D eigenvalue weighted by atomic mass is 10.1. The Morgan fingerprint density at radius 1 is 1.57 bits per heavy atom. The number of hydrogen-bond acceptors (Lipinski definition) is 3. The van der Waals surface area contributed by atoms with E-state index in [-0.39, 0.29) is 0 Å². The van der Waals surface area contributed by atoms with Gasteiger partial charge in [-0.15, -0.1) is 0 Å². The van der Waals surface area contributed by atoms with Crippen LogP contribution < -0.4 is 5.73 Å². The highest BCUT2D eigenvalue weighted by atomic mass is 16.5. The Bertz CT molecular complexity index is 152. The lowest BCUT2D eigenvalue weighted by Gasteiger charge is -2.36. The molecule has 0 spiro atoms. The molecular formula is C11H24N2O. The first-order chi connectivity index (χ1) is 6.77. The molecule has 1 fully saturated rings. The summed E-state index contributed by atoms with van der Waals surface area (Å²) in [6.07, 6.45) is 4.02. The summed E-state index contributed by atoms with van der Waals surface area (Å²) in [5.74, 6) is 0. The van der Waals surface area contributed by atoms with Gasteiger partial charge in [-0.05, 0) is 32.7 Å². The van der Waals surface area contributed by atoms with Crippen LogP contribution >= 0.6 is 0 Å². The van der Waals surface area contributed by atoms with E-state index in [1.165, 1.54) is 19.4 Å². The molecule has 14 heavy (non-hydrogen) atoms. The highest BCUT2D eigenvalue weighted by Gasteiger charge is 2.22. The minimum atomic E-state index is 0.442. The van der Waals surface area contributed by atoms with Crippen molar-refractivity contribution in [3.05, 3.63) is 0 Å². The first-order valence-electron chi connectivity index (χ1n) is 5.83. The van der Waals surface area contributed by atoms with E-state index in [0.29, 0.717) is 12.1 Å². The first-order valence-corrected chi connectivity index (χ1v) is 5.83. The van der Waals surface area contributed by atoms with Crippen LogP contribution in [-0.2, 0) is 4.74 Å². The van der Waals surface area contributed by atoms with E-state index < -0.39 is 0 Å². The molecule has 3 heteroatoms. The Hall–Kier alpha value is -0.120. The largest absolute Gasteiger partial charge is 0.377 e. The van der Waals surface area contributed by atoms with Gasteiger partial charge in [0.25, 0.3) is 0 Å². The molecule has 2 unspecified atom stereocenters. The Balaban J connectivity index is 2.28. The molecule has 0 aromatic heterocycles. The lowest BCUT2D eigenvalue weighted by molar-refractivity contribution is -0.00928. The standard InChI is InChI=1S/C11H24N2O/c1-3-7-14-11-5-4-6-13(9-11)10(2)8-12/h10-11H,3-9,12H2,1-2H3. The minimum absolute atomic E-state index is 0.442. The molecule has 3 nitrogen and oxygen atoms in total. The normalized spacial score (nSPS) is 26.4. The van der Waals surface area contributed by atoms with Gasteiger partial charge in [0.1, 0.15) is 0 Å². The van der Waals surface area contributed by atoms with E-state index in [9.17, 15) is 0 Å². The summed E-state index contributed by atoms with van der Waals surface area (Å²) in [5, 5.41) is 0. The van der Waals surface area contributed by atoms with Crippen molar-refractivity contribution in [3.63, 3.8) is 0 Å². The molecule has 0 radical (unpaired) electrons. The maximum Gasteiger partial charge on any atom is 0.0702 e. The van der Waals surface area contributed by atoms with Gasteiger partial charge in [-0.25, -0.2) is 0 Å². The first kappa shape index (κ1) is 12.0. The SMILES string of the molecule is CCCOC1CCCN(C(C)CN)C1. The van der Waals surface area contributed by atoms with Crippen LogP contribution in [0.25, 0.3) is 0 Å². The Morgan fingerprint density at radius 3 is 3.00 bits per heavy atom. The van der Waals surface area contributed by atoms with Crippen molar-refractivity contribution < 1.29 is 4.74 Å². The molecule has 0 aliphatic carbocycles. The molecule has 1 saturated heterocycles. The zero-order valence-corrected chi connectivity index (χ0v) is 9.54. The number of hydrogen-bond donors (Lipinski definition) is 1. The average Bonchev–Trinajstić information content (AvgIpc) is 2.25. The average molecular weight is 200 g/mol. The van der Waals surface area contributed by atoms with E-state index in [1.807, 2.05) is 0 Å². The van der Waals surface area contributed by atoms with E-state index >= 15 is 0 Å². The van der Waals surface area contributed by atoms with Crippen LogP contribution in [0.3, 0.4) is 0 Å². The monoisotopic (exact) mass is 200 g/mol. The smallest absolute Gasteiger partial charge is 0.0702 e. The predicted octanol–water partition coefficient (Wildman–Crippen LogP) is 1.22. The van der Waals surface area contributed by atoms with Gasteiger partial charge in [0.05, 0.1) is 6.10 Å². The molecule has 2 atom stereocenters. The summed E-state index contributed by atoms with van der Waals surface area (Å²) < 4.78 is 5.77. The molecule has 0 aromatic carbocycles. The van der Waals surface area contributed by atoms with Crippen molar-refractivity contribution in [3.8, 4) is 0 Å². The quantitative estimate of drug-likeness (QED) is 0.725. The number of nitrogens with zero attached hydrogens (tertiary/aromatic N) is 1. The van der Waals surface area contributed by atoms with Crippen LogP contribution in [0.1, 0.15) is 33.1 Å². The molecule has 84 valence electrons. The number of likely N-dealkylation sites (tertiary alicyclic amines) is 1. The van der Waals surface area contributed by atoms with Gasteiger partial charge in [0.15, 0.2) is 0 Å². The van der Waals surface area contributed by atoms with Crippen molar-refractivity contribution in [2.75, 3.05) is 26.2 Å². The van der Waals surface area contributed by atoms with Crippen LogP contribution in [0.2, 0.25) is 0 Å². The molecule has 0 saturated carbocycles. The van der Waals surface area contributed by atoms with Crippen LogP contribution in [-0.4, -0.2) is 43.3 Å². The summed E-state index contributed by atoms with van der Waals surface area (Å²) in [5.41, 5.74) is 5.67. The minimum Gasteiger partial charge on any atom is -0.377 e. The van der Waals surface area contributed by atoms with Crippen LogP contribution in [0.15, 0.2) is 0 Å². The second-order valence-electron chi connectivity index (χ2n) is 4.21. The Morgan fingerprint density at radius 2 is 2.36 bits per heavy atom. The Labute approximate surface area is 87.6 Å². The van der Waals surface area contributed by atoms with Crippen LogP contribution in [0.5, 0.6) is 0 Å². The summed E-state index contributed by atoms with van der Waals surface area (Å²) in [6, 6.07) is 0.503. The molecule has 0 bridgehead atoms. The number of ether oxygens (including phenoxy) is 1. The van der Waals surface area contributed by atoms with Crippen molar-refractivity contribution in [1.82, 2.24) is 4.90 Å². The molecular weight excluding hydrogens is 176 g/mol. The van der Waals surface area contributed by atoms with Crippen molar-refractivity contribution in [2.45, 2.75) is 45.3 Å². The molecule has 0 amide bonds. The fourth-order valence-electron chi connectivity index (χ4n) is 1.94. The van der Waals surface area contributed by atoms with Gasteiger partial charge in [-0.3, -0.25) is 4.90 Å². The highest BCUT2D eigenvalue weighted by Crippen LogP contribution is 2.15. The summed E-state index contributed by atoms with van der Waals surface area (Å²) in [6.45, 7) is 8.25. The fourth-order valence-corrected chi connectivity index (χ4v) is 1.94. The molecule has 1 rings (SSSR count). The third kappa shape index (κ3) is 3.56. The maximum atomic E-state index is 5.77. The van der Waals surface area contributed by atoms with E-state index in [2.05, 4.69) is 18.7 Å². The second-order valence-corrected chi connectivity index (χ2v) is 4.21. The second kappa shape index (κ2) is 6.38. The molecule has 1 heterocycles. The fraction of sp³-hybridized carbons (Fsp3) is 1.00. The van der Waals surface area contributed by atoms with Gasteiger partial charge < -0.3 is 10.5 Å². The van der Waals surface area contributed by atoms with Crippen molar-refractivity contribution >= 4 is 0 Å². The predicted molar refractivity (Wildman–Crippen MR) is 59.4 cm³/mol. The van der Waals surface area contributed by atoms with Gasteiger partial charge >= 0.3 is 0 Å². The van der Waals surface area contributed by atoms with Gasteiger partial charge in [-0.1, -0.05) is 6.92 Å². The summed E-state index contributed by atoms with van der Waals surface area (Å²) in [4.78, 5) is 2.45. The van der Waals surface area contributed by atoms with E-state index in [4.69, 9.17) is 10.5 Å². The zero-order valence-electron chi connectivity index (χ0n) is 9.54. The van der Waals surface area contributed by atoms with E-state index in [1.54, 1.807) is 0 Å². The number of rotatable bonds is 5. The van der Waals surface area contributed by atoms with E-state index in [0.717, 1.165) is 26.1 Å². The van der Waals surface area contributed by atoms with Gasteiger partial charge in [-0.2, -0.15) is 0 Å². The molecule has 0 aromatic rings. The maximum absolute atomic E-state index is 5.77. The summed E-state index contributed by atoms with van der Waals surface area (Å²) >= 11 is 0. The zero-order chi connectivity index (χ0) is 10.4. The molecule has 2 N–H and O–H groups in total.